The van der Waals surface area contributed by atoms with Crippen molar-refractivity contribution in [1.82, 2.24) is 20.0 Å². The molecule has 2 N–H and O–H groups in total. The van der Waals surface area contributed by atoms with Crippen molar-refractivity contribution in [3.05, 3.63) is 59.5 Å². The summed E-state index contributed by atoms with van der Waals surface area (Å²) in [4.78, 5) is 11.9. The Kier molecular flexibility index (Phi) is 5.94. The van der Waals surface area contributed by atoms with Gasteiger partial charge < -0.3 is 5.32 Å². The summed E-state index contributed by atoms with van der Waals surface area (Å²) < 4.78 is 65.3. The number of benzene rings is 1. The lowest BCUT2D eigenvalue weighted by Gasteiger charge is -2.09. The number of alkyl halides is 3. The van der Waals surface area contributed by atoms with Crippen LogP contribution in [-0.4, -0.2) is 34.3 Å². The lowest BCUT2D eigenvalue weighted by atomic mass is 10.3. The zero-order valence-electron chi connectivity index (χ0n) is 14.8. The number of rotatable bonds is 6. The monoisotopic (exact) mass is 460 g/mol. The van der Waals surface area contributed by atoms with Crippen molar-refractivity contribution in [2.24, 2.45) is 0 Å². The van der Waals surface area contributed by atoms with Gasteiger partial charge in [-0.25, -0.2) is 8.42 Å². The molecule has 0 fully saturated rings. The van der Waals surface area contributed by atoms with E-state index in [4.69, 9.17) is 11.6 Å². The molecule has 0 aliphatic rings. The number of nitrogens with zero attached hydrogens (tertiary/aromatic N) is 4. The molecule has 1 amide bonds. The van der Waals surface area contributed by atoms with Crippen LogP contribution in [-0.2, 0) is 27.5 Å². The normalized spacial score (nSPS) is 11.9. The van der Waals surface area contributed by atoms with Crippen molar-refractivity contribution >= 4 is 39.0 Å². The molecule has 2 aromatic heterocycles. The number of carbonyl (C=O) groups is 1. The lowest BCUT2D eigenvalue weighted by Crippen LogP contribution is -2.20. The number of sulfonamides is 1. The van der Waals surface area contributed by atoms with Gasteiger partial charge in [-0.05, 0) is 42.5 Å². The zero-order valence-corrected chi connectivity index (χ0v) is 16.3. The molecule has 0 atom stereocenters. The highest BCUT2D eigenvalue weighted by atomic mass is 35.5. The summed E-state index contributed by atoms with van der Waals surface area (Å²) in [5.41, 5.74) is -0.865. The molecule has 158 valence electrons. The molecule has 0 aliphatic carbocycles. The molecule has 0 aliphatic heterocycles. The molecule has 1 aromatic carbocycles. The van der Waals surface area contributed by atoms with Crippen LogP contribution in [0.25, 0.3) is 0 Å². The minimum Gasteiger partial charge on any atom is -0.324 e. The molecule has 9 nitrogen and oxygen atoms in total. The summed E-state index contributed by atoms with van der Waals surface area (Å²) >= 11 is 5.59. The molecule has 0 radical (unpaired) electrons. The van der Waals surface area contributed by atoms with Gasteiger partial charge in [0.25, 0.3) is 10.0 Å². The largest absolute Gasteiger partial charge is 0.435 e. The van der Waals surface area contributed by atoms with Crippen LogP contribution in [0.1, 0.15) is 5.69 Å². The number of carbonyl (C=O) groups excluding carboxylic acids is 1. The molecular formula is C16H12ClF3N6O3S. The molecular weight excluding hydrogens is 449 g/mol. The van der Waals surface area contributed by atoms with Crippen LogP contribution >= 0.6 is 11.6 Å². The van der Waals surface area contributed by atoms with Crippen molar-refractivity contribution in [2.45, 2.75) is 17.6 Å². The van der Waals surface area contributed by atoms with Gasteiger partial charge in [-0.3, -0.25) is 14.2 Å². The number of halogens is 4. The van der Waals surface area contributed by atoms with Gasteiger partial charge in [-0.15, -0.1) is 10.2 Å². The average Bonchev–Trinajstić information content (AvgIpc) is 3.13. The maximum Gasteiger partial charge on any atom is 0.435 e. The van der Waals surface area contributed by atoms with E-state index in [2.05, 4.69) is 25.3 Å². The Morgan fingerprint density at radius 2 is 1.77 bits per heavy atom. The van der Waals surface area contributed by atoms with Crippen LogP contribution in [0.4, 0.5) is 24.7 Å². The van der Waals surface area contributed by atoms with Crippen LogP contribution in [0, 0.1) is 0 Å². The standard InChI is InChI=1S/C16H12ClF3N6O3S/c17-13-5-6-14(23-22-13)25-30(28,29)11-3-1-10(2-4-11)21-15(27)9-26-8-7-12(24-26)16(18,19)20/h1-8H,9H2,(H,21,27)(H,23,25). The third kappa shape index (κ3) is 5.45. The first kappa shape index (κ1) is 21.5. The van der Waals surface area contributed by atoms with Crippen molar-refractivity contribution in [3.8, 4) is 0 Å². The van der Waals surface area contributed by atoms with Crippen LogP contribution in [0.3, 0.4) is 0 Å². The molecule has 3 rings (SSSR count). The second kappa shape index (κ2) is 8.28. The van der Waals surface area contributed by atoms with Crippen molar-refractivity contribution in [2.75, 3.05) is 10.0 Å². The summed E-state index contributed by atoms with van der Waals surface area (Å²) in [6, 6.07) is 8.57. The maximum absolute atomic E-state index is 12.5. The average molecular weight is 461 g/mol. The Morgan fingerprint density at radius 1 is 1.07 bits per heavy atom. The molecule has 0 saturated heterocycles. The highest BCUT2D eigenvalue weighted by Crippen LogP contribution is 2.27. The number of nitrogens with one attached hydrogen (secondary N) is 2. The predicted octanol–water partition coefficient (Wildman–Crippen LogP) is 2.78. The van der Waals surface area contributed by atoms with E-state index in [-0.39, 0.29) is 21.6 Å². The highest BCUT2D eigenvalue weighted by molar-refractivity contribution is 7.92. The van der Waals surface area contributed by atoms with Crippen molar-refractivity contribution < 1.29 is 26.4 Å². The Labute approximate surface area is 172 Å². The van der Waals surface area contributed by atoms with E-state index in [1.165, 1.54) is 36.4 Å². The SMILES string of the molecule is O=C(Cn1ccc(C(F)(F)F)n1)Nc1ccc(S(=O)(=O)Nc2ccc(Cl)nn2)cc1. The van der Waals surface area contributed by atoms with E-state index in [1.807, 2.05) is 0 Å². The molecule has 3 aromatic rings. The van der Waals surface area contributed by atoms with Gasteiger partial charge in [0.15, 0.2) is 16.7 Å². The second-order valence-corrected chi connectivity index (χ2v) is 7.89. The van der Waals surface area contributed by atoms with Crippen molar-refractivity contribution in [3.63, 3.8) is 0 Å². The van der Waals surface area contributed by atoms with Gasteiger partial charge in [0.2, 0.25) is 5.91 Å². The number of aromatic nitrogens is 4. The summed E-state index contributed by atoms with van der Waals surface area (Å²) in [6.45, 7) is -0.451. The first-order valence-corrected chi connectivity index (χ1v) is 9.92. The van der Waals surface area contributed by atoms with Crippen LogP contribution in [0.2, 0.25) is 5.15 Å². The third-order valence-electron chi connectivity index (χ3n) is 3.56. The Morgan fingerprint density at radius 3 is 2.33 bits per heavy atom. The van der Waals surface area contributed by atoms with E-state index >= 15 is 0 Å². The van der Waals surface area contributed by atoms with E-state index in [0.717, 1.165) is 16.9 Å². The molecule has 0 saturated carbocycles. The first-order chi connectivity index (χ1) is 14.0. The van der Waals surface area contributed by atoms with Crippen LogP contribution < -0.4 is 10.0 Å². The Balaban J connectivity index is 1.63. The van der Waals surface area contributed by atoms with Gasteiger partial charge in [-0.2, -0.15) is 18.3 Å². The Bertz CT molecular complexity index is 1150. The minimum atomic E-state index is -4.60. The van der Waals surface area contributed by atoms with Crippen LogP contribution in [0.5, 0.6) is 0 Å². The minimum absolute atomic E-state index is 0.0331. The lowest BCUT2D eigenvalue weighted by molar-refractivity contribution is -0.141. The number of amides is 1. The summed E-state index contributed by atoms with van der Waals surface area (Å²) in [5.74, 6) is -0.675. The molecule has 0 bridgehead atoms. The van der Waals surface area contributed by atoms with Gasteiger partial charge in [0.05, 0.1) is 4.90 Å². The fourth-order valence-electron chi connectivity index (χ4n) is 2.23. The highest BCUT2D eigenvalue weighted by Gasteiger charge is 2.33. The molecule has 0 unspecified atom stereocenters. The van der Waals surface area contributed by atoms with Gasteiger partial charge in [-0.1, -0.05) is 11.6 Å². The predicted molar refractivity (Wildman–Crippen MR) is 100 cm³/mol. The number of anilines is 2. The zero-order chi connectivity index (χ0) is 21.9. The molecule has 14 heteroatoms. The van der Waals surface area contributed by atoms with E-state index in [0.29, 0.717) is 0 Å². The summed E-state index contributed by atoms with van der Waals surface area (Å²) in [6.07, 6.45) is -3.57. The van der Waals surface area contributed by atoms with E-state index in [9.17, 15) is 26.4 Å². The molecule has 30 heavy (non-hydrogen) atoms. The van der Waals surface area contributed by atoms with Gasteiger partial charge in [0.1, 0.15) is 6.54 Å². The smallest absolute Gasteiger partial charge is 0.324 e. The Hall–Kier alpha value is -3.19. The van der Waals surface area contributed by atoms with Gasteiger partial charge in [0, 0.05) is 11.9 Å². The van der Waals surface area contributed by atoms with Crippen LogP contribution in [0.15, 0.2) is 53.6 Å². The molecule has 2 heterocycles. The second-order valence-electron chi connectivity index (χ2n) is 5.82. The van der Waals surface area contributed by atoms with Crippen molar-refractivity contribution in [1.29, 1.82) is 0 Å². The topological polar surface area (TPSA) is 119 Å². The van der Waals surface area contributed by atoms with E-state index in [1.54, 1.807) is 0 Å². The maximum atomic E-state index is 12.5. The fourth-order valence-corrected chi connectivity index (χ4v) is 3.33. The fraction of sp³-hybridized carbons (Fsp3) is 0.125. The number of hydrogen-bond donors (Lipinski definition) is 2. The third-order valence-corrected chi connectivity index (χ3v) is 5.13. The molecule has 0 spiro atoms. The summed E-state index contributed by atoms with van der Waals surface area (Å²) in [5, 5.41) is 12.9. The van der Waals surface area contributed by atoms with E-state index < -0.39 is 34.3 Å². The quantitative estimate of drug-likeness (QED) is 0.584. The number of hydrogen-bond acceptors (Lipinski definition) is 6. The first-order valence-electron chi connectivity index (χ1n) is 8.05. The summed E-state index contributed by atoms with van der Waals surface area (Å²) in [7, 11) is -3.96. The van der Waals surface area contributed by atoms with Gasteiger partial charge >= 0.3 is 6.18 Å².